The van der Waals surface area contributed by atoms with Gasteiger partial charge in [-0.15, -0.1) is 11.3 Å². The number of amides is 1. The summed E-state index contributed by atoms with van der Waals surface area (Å²) in [5.74, 6) is -0.318. The lowest BCUT2D eigenvalue weighted by atomic mass is 10.1. The van der Waals surface area contributed by atoms with Gasteiger partial charge in [-0.2, -0.15) is 0 Å². The van der Waals surface area contributed by atoms with Crippen LogP contribution in [0, 0.1) is 6.92 Å². The van der Waals surface area contributed by atoms with Crippen LogP contribution in [-0.4, -0.2) is 10.5 Å². The minimum Gasteiger partial charge on any atom is -0.423 e. The minimum atomic E-state index is -0.433. The summed E-state index contributed by atoms with van der Waals surface area (Å²) in [5.41, 5.74) is 2.06. The van der Waals surface area contributed by atoms with E-state index in [1.807, 2.05) is 44.2 Å². The number of para-hydroxylation sites is 1. The van der Waals surface area contributed by atoms with Gasteiger partial charge in [-0.3, -0.25) is 9.59 Å². The molecule has 0 aliphatic carbocycles. The molecular formula is C24H18N2O4S. The molecule has 0 aliphatic rings. The van der Waals surface area contributed by atoms with Crippen molar-refractivity contribution in [3.8, 4) is 0 Å². The van der Waals surface area contributed by atoms with Gasteiger partial charge < -0.3 is 14.3 Å². The second-order valence-electron chi connectivity index (χ2n) is 7.33. The molecule has 1 N–H and O–H groups in total. The first-order valence-electron chi connectivity index (χ1n) is 9.87. The van der Waals surface area contributed by atoms with Crippen LogP contribution in [0.3, 0.4) is 0 Å². The Morgan fingerprint density at radius 3 is 2.65 bits per heavy atom. The van der Waals surface area contributed by atoms with Crippen molar-refractivity contribution in [3.63, 3.8) is 0 Å². The largest absolute Gasteiger partial charge is 0.423 e. The van der Waals surface area contributed by atoms with Gasteiger partial charge in [0.05, 0.1) is 15.8 Å². The van der Waals surface area contributed by atoms with Crippen LogP contribution in [-0.2, 0) is 6.54 Å². The molecule has 2 aromatic carbocycles. The maximum Gasteiger partial charge on any atom is 0.336 e. The van der Waals surface area contributed by atoms with Crippen LogP contribution >= 0.6 is 11.3 Å². The van der Waals surface area contributed by atoms with Crippen molar-refractivity contribution in [1.29, 1.82) is 0 Å². The van der Waals surface area contributed by atoms with E-state index in [0.717, 1.165) is 26.6 Å². The second kappa shape index (κ2) is 7.21. The van der Waals surface area contributed by atoms with Crippen LogP contribution in [0.4, 0.5) is 5.69 Å². The lowest BCUT2D eigenvalue weighted by Gasteiger charge is -2.08. The van der Waals surface area contributed by atoms with Gasteiger partial charge in [0.25, 0.3) is 11.5 Å². The van der Waals surface area contributed by atoms with Crippen molar-refractivity contribution in [2.24, 2.45) is 0 Å². The highest BCUT2D eigenvalue weighted by Crippen LogP contribution is 2.31. The Balaban J connectivity index is 1.58. The van der Waals surface area contributed by atoms with Crippen LogP contribution < -0.4 is 16.5 Å². The zero-order valence-electron chi connectivity index (χ0n) is 16.9. The van der Waals surface area contributed by atoms with Crippen molar-refractivity contribution in [3.05, 3.63) is 85.8 Å². The van der Waals surface area contributed by atoms with Gasteiger partial charge in [-0.25, -0.2) is 4.79 Å². The molecule has 1 amide bonds. The monoisotopic (exact) mass is 430 g/mol. The van der Waals surface area contributed by atoms with Crippen LogP contribution in [0.1, 0.15) is 22.2 Å². The number of rotatable bonds is 3. The van der Waals surface area contributed by atoms with E-state index in [2.05, 4.69) is 5.32 Å². The highest BCUT2D eigenvalue weighted by Gasteiger charge is 2.17. The molecule has 0 aliphatic heterocycles. The van der Waals surface area contributed by atoms with Crippen LogP contribution in [0.2, 0.25) is 0 Å². The van der Waals surface area contributed by atoms with Gasteiger partial charge in [-0.1, -0.05) is 18.2 Å². The van der Waals surface area contributed by atoms with Gasteiger partial charge in [-0.05, 0) is 43.7 Å². The summed E-state index contributed by atoms with van der Waals surface area (Å²) in [6.45, 7) is 4.32. The van der Waals surface area contributed by atoms with Gasteiger partial charge in [0, 0.05) is 39.8 Å². The van der Waals surface area contributed by atoms with Crippen molar-refractivity contribution >= 4 is 54.9 Å². The molecule has 5 aromatic rings. The Morgan fingerprint density at radius 1 is 1.03 bits per heavy atom. The first-order valence-corrected chi connectivity index (χ1v) is 10.7. The number of anilines is 1. The normalized spacial score (nSPS) is 11.4. The lowest BCUT2D eigenvalue weighted by molar-refractivity contribution is 0.103. The molecule has 0 saturated heterocycles. The molecule has 5 rings (SSSR count). The summed E-state index contributed by atoms with van der Waals surface area (Å²) in [6.07, 6.45) is 0. The van der Waals surface area contributed by atoms with Gasteiger partial charge in [0.15, 0.2) is 0 Å². The summed E-state index contributed by atoms with van der Waals surface area (Å²) in [7, 11) is 0. The fraction of sp³-hybridized carbons (Fsp3) is 0.125. The predicted molar refractivity (Wildman–Crippen MR) is 124 cm³/mol. The number of nitrogens with zero attached hydrogens (tertiary/aromatic N) is 1. The maximum atomic E-state index is 13.0. The molecule has 0 spiro atoms. The molecular weight excluding hydrogens is 412 g/mol. The molecule has 7 heteroatoms. The topological polar surface area (TPSA) is 81.3 Å². The molecule has 0 saturated carbocycles. The standard InChI is InChI=1S/C24H18N2O4S/c1-3-26-18-7-5-4-6-16(18)22-17(24(26)29)12-20(31-22)23(28)25-14-8-9-15-13(2)10-21(27)30-19(15)11-14/h4-12H,3H2,1-2H3,(H,25,28). The van der Waals surface area contributed by atoms with Crippen LogP contribution in [0.25, 0.3) is 32.0 Å². The summed E-state index contributed by atoms with van der Waals surface area (Å²) in [6, 6.07) is 16.0. The van der Waals surface area contributed by atoms with Crippen molar-refractivity contribution in [2.45, 2.75) is 20.4 Å². The summed E-state index contributed by atoms with van der Waals surface area (Å²) in [5, 5.41) is 5.15. The first kappa shape index (κ1) is 19.3. The third-order valence-electron chi connectivity index (χ3n) is 5.40. The molecule has 0 atom stereocenters. The zero-order valence-corrected chi connectivity index (χ0v) is 17.7. The van der Waals surface area contributed by atoms with Crippen LogP contribution in [0.5, 0.6) is 0 Å². The van der Waals surface area contributed by atoms with Crippen molar-refractivity contribution in [2.75, 3.05) is 5.32 Å². The Labute approximate surface area is 180 Å². The van der Waals surface area contributed by atoms with E-state index in [1.165, 1.54) is 17.4 Å². The third-order valence-corrected chi connectivity index (χ3v) is 6.56. The average Bonchev–Trinajstić information content (AvgIpc) is 3.20. The lowest BCUT2D eigenvalue weighted by Crippen LogP contribution is -2.19. The quantitative estimate of drug-likeness (QED) is 0.413. The molecule has 0 radical (unpaired) electrons. The fourth-order valence-corrected chi connectivity index (χ4v) is 5.01. The predicted octanol–water partition coefficient (Wildman–Crippen LogP) is 4.90. The number of hydrogen-bond donors (Lipinski definition) is 1. The molecule has 3 heterocycles. The Kier molecular flexibility index (Phi) is 4.48. The molecule has 0 unspecified atom stereocenters. The molecule has 6 nitrogen and oxygen atoms in total. The maximum absolute atomic E-state index is 13.0. The number of benzene rings is 2. The van der Waals surface area contributed by atoms with E-state index in [9.17, 15) is 14.4 Å². The van der Waals surface area contributed by atoms with Crippen LogP contribution in [0.15, 0.2) is 68.6 Å². The SMILES string of the molecule is CCn1c(=O)c2cc(C(=O)Nc3ccc4c(C)cc(=O)oc4c3)sc2c2ccccc21. The average molecular weight is 430 g/mol. The van der Waals surface area contributed by atoms with E-state index >= 15 is 0 Å². The van der Waals surface area contributed by atoms with Gasteiger partial charge in [0.2, 0.25) is 0 Å². The van der Waals surface area contributed by atoms with Crippen molar-refractivity contribution < 1.29 is 9.21 Å². The number of carbonyl (C=O) groups is 1. The molecule has 154 valence electrons. The number of carbonyl (C=O) groups excluding carboxylic acids is 1. The summed E-state index contributed by atoms with van der Waals surface area (Å²) in [4.78, 5) is 38.0. The smallest absolute Gasteiger partial charge is 0.336 e. The third kappa shape index (κ3) is 3.14. The number of pyridine rings is 1. The van der Waals surface area contributed by atoms with Gasteiger partial charge >= 0.3 is 5.63 Å². The Bertz CT molecular complexity index is 1620. The van der Waals surface area contributed by atoms with E-state index in [-0.39, 0.29) is 11.5 Å². The summed E-state index contributed by atoms with van der Waals surface area (Å²) >= 11 is 1.30. The molecule has 31 heavy (non-hydrogen) atoms. The second-order valence-corrected chi connectivity index (χ2v) is 8.39. The van der Waals surface area contributed by atoms with Gasteiger partial charge in [0.1, 0.15) is 5.58 Å². The zero-order chi connectivity index (χ0) is 21.7. The van der Waals surface area contributed by atoms with E-state index in [1.54, 1.807) is 22.8 Å². The highest BCUT2D eigenvalue weighted by molar-refractivity contribution is 7.21. The van der Waals surface area contributed by atoms with E-state index in [0.29, 0.717) is 28.1 Å². The minimum absolute atomic E-state index is 0.102. The number of thiophene rings is 1. The van der Waals surface area contributed by atoms with E-state index in [4.69, 9.17) is 4.42 Å². The van der Waals surface area contributed by atoms with E-state index < -0.39 is 5.63 Å². The molecule has 3 aromatic heterocycles. The number of nitrogens with one attached hydrogen (secondary N) is 1. The number of fused-ring (bicyclic) bond motifs is 4. The summed E-state index contributed by atoms with van der Waals surface area (Å²) < 4.78 is 7.78. The Hall–Kier alpha value is -3.71. The molecule has 0 fully saturated rings. The number of aromatic nitrogens is 1. The highest BCUT2D eigenvalue weighted by atomic mass is 32.1. The Morgan fingerprint density at radius 2 is 1.84 bits per heavy atom. The number of hydrogen-bond acceptors (Lipinski definition) is 5. The molecule has 0 bridgehead atoms. The first-order chi connectivity index (χ1) is 15.0. The fourth-order valence-electron chi connectivity index (χ4n) is 3.93. The number of aryl methyl sites for hydroxylation is 2. The van der Waals surface area contributed by atoms with Crippen molar-refractivity contribution in [1.82, 2.24) is 4.57 Å².